The normalized spacial score (nSPS) is 18.6. The van der Waals surface area contributed by atoms with Crippen molar-refractivity contribution >= 4 is 23.2 Å². The van der Waals surface area contributed by atoms with Crippen LogP contribution in [0, 0.1) is 10.1 Å². The predicted octanol–water partition coefficient (Wildman–Crippen LogP) is 0.677. The number of pyridine rings is 1. The minimum Gasteiger partial charge on any atom is -0.384 e. The third-order valence-corrected chi connectivity index (χ3v) is 3.40. The molecule has 20 heavy (non-hydrogen) atoms. The van der Waals surface area contributed by atoms with Gasteiger partial charge in [-0.15, -0.1) is 0 Å². The van der Waals surface area contributed by atoms with Crippen LogP contribution in [0.25, 0.3) is 0 Å². The van der Waals surface area contributed by atoms with Crippen molar-refractivity contribution in [2.45, 2.75) is 25.3 Å². The van der Waals surface area contributed by atoms with Crippen LogP contribution in [-0.2, 0) is 4.79 Å². The van der Waals surface area contributed by atoms with Crippen LogP contribution in [0.3, 0.4) is 0 Å². The number of likely N-dealkylation sites (N-methyl/N-ethyl adjacent to an activating group) is 1. The van der Waals surface area contributed by atoms with Crippen molar-refractivity contribution in [1.29, 1.82) is 0 Å². The van der Waals surface area contributed by atoms with E-state index >= 15 is 0 Å². The smallest absolute Gasteiger partial charge is 0.311 e. The van der Waals surface area contributed by atoms with Crippen molar-refractivity contribution in [3.05, 3.63) is 22.2 Å². The molecule has 3 N–H and O–H groups in total. The maximum absolute atomic E-state index is 11.9. The first-order valence-corrected chi connectivity index (χ1v) is 6.43. The van der Waals surface area contributed by atoms with E-state index in [4.69, 9.17) is 5.73 Å². The van der Waals surface area contributed by atoms with Crippen LogP contribution in [-0.4, -0.2) is 35.4 Å². The molecule has 2 rings (SSSR count). The second-order valence-electron chi connectivity index (χ2n) is 4.66. The largest absolute Gasteiger partial charge is 0.384 e. The van der Waals surface area contributed by atoms with E-state index in [1.807, 2.05) is 0 Å². The first-order valence-electron chi connectivity index (χ1n) is 6.43. The number of nitrogens with two attached hydrogens (primary N) is 1. The van der Waals surface area contributed by atoms with Gasteiger partial charge in [0.15, 0.2) is 0 Å². The van der Waals surface area contributed by atoms with Gasteiger partial charge < -0.3 is 16.0 Å². The molecule has 1 saturated heterocycles. The zero-order valence-electron chi connectivity index (χ0n) is 11.2. The third-order valence-electron chi connectivity index (χ3n) is 3.40. The van der Waals surface area contributed by atoms with E-state index in [2.05, 4.69) is 10.3 Å². The summed E-state index contributed by atoms with van der Waals surface area (Å²) in [4.78, 5) is 28.3. The predicted molar refractivity (Wildman–Crippen MR) is 74.4 cm³/mol. The fourth-order valence-corrected chi connectivity index (χ4v) is 2.43. The average Bonchev–Trinajstić information content (AvgIpc) is 2.46. The Morgan fingerprint density at radius 3 is 2.95 bits per heavy atom. The fraction of sp³-hybridized carbons (Fsp3) is 0.500. The Kier molecular flexibility index (Phi) is 4.02. The summed E-state index contributed by atoms with van der Waals surface area (Å²) >= 11 is 0. The summed E-state index contributed by atoms with van der Waals surface area (Å²) in [5, 5.41) is 13.7. The zero-order valence-corrected chi connectivity index (χ0v) is 11.2. The number of carbonyl (C=O) groups excluding carboxylic acids is 1. The standard InChI is InChI=1S/C12H17N5O3/c1-14-12(18)9-4-2-3-7-16(9)11-8(17(19)20)5-6-10(13)15-11/h5-6,9H,2-4,7H2,1H3,(H2,13,15)(H,14,18). The second-order valence-corrected chi connectivity index (χ2v) is 4.66. The molecular weight excluding hydrogens is 262 g/mol. The van der Waals surface area contributed by atoms with E-state index in [0.29, 0.717) is 13.0 Å². The number of nitrogens with one attached hydrogen (secondary N) is 1. The molecule has 2 heterocycles. The molecule has 1 amide bonds. The fourth-order valence-electron chi connectivity index (χ4n) is 2.43. The van der Waals surface area contributed by atoms with Crippen LogP contribution in [0.1, 0.15) is 19.3 Å². The average molecular weight is 279 g/mol. The van der Waals surface area contributed by atoms with E-state index in [9.17, 15) is 14.9 Å². The lowest BCUT2D eigenvalue weighted by Gasteiger charge is -2.34. The maximum atomic E-state index is 11.9. The summed E-state index contributed by atoms with van der Waals surface area (Å²) in [5.74, 6) is 0.207. The Labute approximate surface area is 116 Å². The molecule has 1 fully saturated rings. The molecule has 8 heteroatoms. The van der Waals surface area contributed by atoms with Crippen LogP contribution in [0.5, 0.6) is 0 Å². The number of amides is 1. The number of nitrogens with zero attached hydrogens (tertiary/aromatic N) is 3. The van der Waals surface area contributed by atoms with Gasteiger partial charge in [-0.25, -0.2) is 4.98 Å². The van der Waals surface area contributed by atoms with Gasteiger partial charge in [0.25, 0.3) is 0 Å². The summed E-state index contributed by atoms with van der Waals surface area (Å²) < 4.78 is 0. The lowest BCUT2D eigenvalue weighted by atomic mass is 10.0. The summed E-state index contributed by atoms with van der Waals surface area (Å²) in [6.45, 7) is 0.551. The maximum Gasteiger partial charge on any atom is 0.311 e. The highest BCUT2D eigenvalue weighted by molar-refractivity contribution is 5.85. The van der Waals surface area contributed by atoms with Crippen molar-refractivity contribution in [2.75, 3.05) is 24.2 Å². The van der Waals surface area contributed by atoms with Gasteiger partial charge >= 0.3 is 5.69 Å². The van der Waals surface area contributed by atoms with E-state index < -0.39 is 11.0 Å². The molecule has 1 unspecified atom stereocenters. The van der Waals surface area contributed by atoms with Gasteiger partial charge in [0.1, 0.15) is 11.9 Å². The van der Waals surface area contributed by atoms with Gasteiger partial charge in [-0.05, 0) is 25.3 Å². The summed E-state index contributed by atoms with van der Waals surface area (Å²) in [6.07, 6.45) is 2.42. The van der Waals surface area contributed by atoms with Crippen LogP contribution in [0.15, 0.2) is 12.1 Å². The van der Waals surface area contributed by atoms with Gasteiger partial charge in [0.05, 0.1) is 4.92 Å². The minimum atomic E-state index is -0.503. The van der Waals surface area contributed by atoms with Crippen LogP contribution >= 0.6 is 0 Å². The molecule has 0 bridgehead atoms. The summed E-state index contributed by atoms with van der Waals surface area (Å²) in [6, 6.07) is 2.27. The number of carbonyl (C=O) groups is 1. The molecule has 1 aliphatic rings. The van der Waals surface area contributed by atoms with Gasteiger partial charge in [-0.3, -0.25) is 14.9 Å². The number of piperidine rings is 1. The molecule has 1 aromatic rings. The highest BCUT2D eigenvalue weighted by atomic mass is 16.6. The molecule has 108 valence electrons. The Morgan fingerprint density at radius 1 is 1.55 bits per heavy atom. The number of nitro groups is 1. The van der Waals surface area contributed by atoms with E-state index in [1.165, 1.54) is 12.1 Å². The Hall–Kier alpha value is -2.38. The molecule has 0 aliphatic carbocycles. The SMILES string of the molecule is CNC(=O)C1CCCCN1c1nc(N)ccc1[N+](=O)[O-]. The lowest BCUT2D eigenvalue weighted by Crippen LogP contribution is -2.49. The number of nitrogen functional groups attached to an aromatic ring is 1. The van der Waals surface area contributed by atoms with Crippen LogP contribution in [0.2, 0.25) is 0 Å². The highest BCUT2D eigenvalue weighted by Crippen LogP contribution is 2.31. The quantitative estimate of drug-likeness (QED) is 0.621. The zero-order chi connectivity index (χ0) is 14.7. The van der Waals surface area contributed by atoms with Crippen molar-refractivity contribution in [1.82, 2.24) is 10.3 Å². The second kappa shape index (κ2) is 5.72. The van der Waals surface area contributed by atoms with E-state index in [0.717, 1.165) is 12.8 Å². The molecule has 1 atom stereocenters. The van der Waals surface area contributed by atoms with Gasteiger partial charge in [-0.1, -0.05) is 0 Å². The number of aromatic nitrogens is 1. The Bertz CT molecular complexity index is 534. The van der Waals surface area contributed by atoms with E-state index in [1.54, 1.807) is 11.9 Å². The highest BCUT2D eigenvalue weighted by Gasteiger charge is 2.33. The lowest BCUT2D eigenvalue weighted by molar-refractivity contribution is -0.384. The molecule has 8 nitrogen and oxygen atoms in total. The molecule has 0 aromatic carbocycles. The van der Waals surface area contributed by atoms with Crippen molar-refractivity contribution in [3.63, 3.8) is 0 Å². The van der Waals surface area contributed by atoms with Gasteiger partial charge in [0.2, 0.25) is 11.7 Å². The first-order chi connectivity index (χ1) is 9.54. The molecular formula is C12H17N5O3. The number of hydrogen-bond acceptors (Lipinski definition) is 6. The minimum absolute atomic E-state index is 0.130. The monoisotopic (exact) mass is 279 g/mol. The molecule has 1 aliphatic heterocycles. The first kappa shape index (κ1) is 14.0. The molecule has 1 aromatic heterocycles. The van der Waals surface area contributed by atoms with Crippen LogP contribution in [0.4, 0.5) is 17.3 Å². The molecule has 0 radical (unpaired) electrons. The molecule has 0 spiro atoms. The Morgan fingerprint density at radius 2 is 2.30 bits per heavy atom. The summed E-state index contributed by atoms with van der Waals surface area (Å²) in [7, 11) is 1.55. The summed E-state index contributed by atoms with van der Waals surface area (Å²) in [5.41, 5.74) is 5.50. The van der Waals surface area contributed by atoms with Gasteiger partial charge in [-0.2, -0.15) is 0 Å². The Balaban J connectivity index is 2.44. The third kappa shape index (κ3) is 2.63. The van der Waals surface area contributed by atoms with Crippen LogP contribution < -0.4 is 16.0 Å². The van der Waals surface area contributed by atoms with Gasteiger partial charge in [0, 0.05) is 19.7 Å². The van der Waals surface area contributed by atoms with Crippen molar-refractivity contribution in [3.8, 4) is 0 Å². The van der Waals surface area contributed by atoms with Crippen molar-refractivity contribution < 1.29 is 9.72 Å². The molecule has 0 saturated carbocycles. The number of anilines is 2. The number of rotatable bonds is 3. The van der Waals surface area contributed by atoms with Crippen molar-refractivity contribution in [2.24, 2.45) is 0 Å². The number of hydrogen-bond donors (Lipinski definition) is 2. The topological polar surface area (TPSA) is 114 Å². The van der Waals surface area contributed by atoms with E-state index in [-0.39, 0.29) is 23.2 Å².